The lowest BCUT2D eigenvalue weighted by atomic mass is 9.76. The van der Waals surface area contributed by atoms with Crippen LogP contribution in [-0.2, 0) is 16.7 Å². The summed E-state index contributed by atoms with van der Waals surface area (Å²) in [6.45, 7) is 3.36. The van der Waals surface area contributed by atoms with E-state index in [1.807, 2.05) is 12.1 Å². The third-order valence-corrected chi connectivity index (χ3v) is 5.62. The summed E-state index contributed by atoms with van der Waals surface area (Å²) in [5.41, 5.74) is 3.87. The number of hydrogen-bond donors (Lipinski definition) is 1. The number of halogens is 1. The van der Waals surface area contributed by atoms with Crippen molar-refractivity contribution in [1.29, 1.82) is 0 Å². The number of anilines is 1. The Balaban J connectivity index is 1.69. The predicted molar refractivity (Wildman–Crippen MR) is 92.3 cm³/mol. The SMILES string of the molecule is Oc1cccc(CN2CC3(CCOCC3)c3ccccc32)c1Cl. The van der Waals surface area contributed by atoms with E-state index in [0.717, 1.165) is 38.2 Å². The number of nitrogens with zero attached hydrogens (tertiary/aromatic N) is 1. The number of ether oxygens (including phenoxy) is 1. The number of phenols is 1. The fourth-order valence-corrected chi connectivity index (χ4v) is 4.14. The van der Waals surface area contributed by atoms with E-state index in [0.29, 0.717) is 11.6 Å². The molecule has 2 aromatic carbocycles. The number of rotatable bonds is 2. The summed E-state index contributed by atoms with van der Waals surface area (Å²) in [5, 5.41) is 10.3. The average Bonchev–Trinajstić information content (AvgIpc) is 2.87. The summed E-state index contributed by atoms with van der Waals surface area (Å²) in [6, 6.07) is 14.1. The second-order valence-electron chi connectivity index (χ2n) is 6.52. The zero-order valence-electron chi connectivity index (χ0n) is 13.0. The molecule has 0 aliphatic carbocycles. The zero-order chi connectivity index (χ0) is 15.9. The molecular formula is C19H20ClNO2. The van der Waals surface area contributed by atoms with Crippen molar-refractivity contribution < 1.29 is 9.84 Å². The van der Waals surface area contributed by atoms with E-state index >= 15 is 0 Å². The Labute approximate surface area is 141 Å². The van der Waals surface area contributed by atoms with Gasteiger partial charge in [0, 0.05) is 37.4 Å². The molecule has 2 aromatic rings. The van der Waals surface area contributed by atoms with E-state index in [1.165, 1.54) is 11.3 Å². The van der Waals surface area contributed by atoms with Crippen molar-refractivity contribution in [2.75, 3.05) is 24.7 Å². The summed E-state index contributed by atoms with van der Waals surface area (Å²) in [7, 11) is 0. The van der Waals surface area contributed by atoms with Gasteiger partial charge in [-0.1, -0.05) is 41.9 Å². The van der Waals surface area contributed by atoms with Crippen LogP contribution in [0.5, 0.6) is 5.75 Å². The van der Waals surface area contributed by atoms with E-state index in [2.05, 4.69) is 29.2 Å². The fraction of sp³-hybridized carbons (Fsp3) is 0.368. The largest absolute Gasteiger partial charge is 0.506 e. The molecular weight excluding hydrogens is 310 g/mol. The first-order chi connectivity index (χ1) is 11.2. The Hall–Kier alpha value is -1.71. The van der Waals surface area contributed by atoms with E-state index in [-0.39, 0.29) is 11.2 Å². The molecule has 1 saturated heterocycles. The van der Waals surface area contributed by atoms with Crippen LogP contribution in [0.2, 0.25) is 5.02 Å². The molecule has 0 bridgehead atoms. The second kappa shape index (κ2) is 5.73. The number of hydrogen-bond acceptors (Lipinski definition) is 3. The van der Waals surface area contributed by atoms with Crippen LogP contribution in [0.25, 0.3) is 0 Å². The lowest BCUT2D eigenvalue weighted by Gasteiger charge is -2.34. The van der Waals surface area contributed by atoms with Gasteiger partial charge in [-0.05, 0) is 36.1 Å². The van der Waals surface area contributed by atoms with Gasteiger partial charge in [-0.15, -0.1) is 0 Å². The van der Waals surface area contributed by atoms with Crippen molar-refractivity contribution in [3.63, 3.8) is 0 Å². The monoisotopic (exact) mass is 329 g/mol. The molecule has 0 radical (unpaired) electrons. The Morgan fingerprint density at radius 2 is 1.87 bits per heavy atom. The summed E-state index contributed by atoms with van der Waals surface area (Å²) in [5.74, 6) is 0.150. The molecule has 2 aliphatic rings. The van der Waals surface area contributed by atoms with Gasteiger partial charge in [0.05, 0.1) is 5.02 Å². The van der Waals surface area contributed by atoms with Gasteiger partial charge in [0.15, 0.2) is 0 Å². The van der Waals surface area contributed by atoms with E-state index in [1.54, 1.807) is 6.07 Å². The first-order valence-electron chi connectivity index (χ1n) is 8.08. The maximum Gasteiger partial charge on any atom is 0.134 e. The topological polar surface area (TPSA) is 32.7 Å². The highest BCUT2D eigenvalue weighted by Gasteiger charge is 2.43. The van der Waals surface area contributed by atoms with Gasteiger partial charge in [0.25, 0.3) is 0 Å². The Morgan fingerprint density at radius 3 is 2.70 bits per heavy atom. The minimum atomic E-state index is 0.150. The van der Waals surface area contributed by atoms with Gasteiger partial charge in [-0.25, -0.2) is 0 Å². The first kappa shape index (κ1) is 14.9. The molecule has 2 heterocycles. The number of benzene rings is 2. The third-order valence-electron chi connectivity index (χ3n) is 5.18. The zero-order valence-corrected chi connectivity index (χ0v) is 13.7. The fourth-order valence-electron chi connectivity index (χ4n) is 3.96. The molecule has 0 aromatic heterocycles. The highest BCUT2D eigenvalue weighted by molar-refractivity contribution is 6.32. The van der Waals surface area contributed by atoms with Gasteiger partial charge >= 0.3 is 0 Å². The molecule has 4 heteroatoms. The maximum absolute atomic E-state index is 9.84. The summed E-state index contributed by atoms with van der Waals surface area (Å²) < 4.78 is 5.59. The van der Waals surface area contributed by atoms with Crippen LogP contribution in [0.4, 0.5) is 5.69 Å². The van der Waals surface area contributed by atoms with Crippen LogP contribution >= 0.6 is 11.6 Å². The molecule has 3 nitrogen and oxygen atoms in total. The minimum Gasteiger partial charge on any atom is -0.506 e. The molecule has 120 valence electrons. The van der Waals surface area contributed by atoms with Crippen LogP contribution in [0.3, 0.4) is 0 Å². The quantitative estimate of drug-likeness (QED) is 0.899. The molecule has 1 fully saturated rings. The molecule has 1 N–H and O–H groups in total. The van der Waals surface area contributed by atoms with Gasteiger partial charge in [-0.3, -0.25) is 0 Å². The molecule has 0 unspecified atom stereocenters. The Kier molecular flexibility index (Phi) is 3.70. The first-order valence-corrected chi connectivity index (χ1v) is 8.46. The average molecular weight is 330 g/mol. The van der Waals surface area contributed by atoms with Crippen LogP contribution in [0.1, 0.15) is 24.0 Å². The van der Waals surface area contributed by atoms with Gasteiger partial charge < -0.3 is 14.7 Å². The lowest BCUT2D eigenvalue weighted by molar-refractivity contribution is 0.0553. The van der Waals surface area contributed by atoms with Gasteiger partial charge in [0.1, 0.15) is 5.75 Å². The smallest absolute Gasteiger partial charge is 0.134 e. The molecule has 0 amide bonds. The van der Waals surface area contributed by atoms with E-state index < -0.39 is 0 Å². The molecule has 1 spiro atoms. The molecule has 4 rings (SSSR count). The molecule has 23 heavy (non-hydrogen) atoms. The summed E-state index contributed by atoms with van der Waals surface area (Å²) >= 11 is 6.28. The highest BCUT2D eigenvalue weighted by atomic mass is 35.5. The van der Waals surface area contributed by atoms with Crippen LogP contribution in [0.15, 0.2) is 42.5 Å². The van der Waals surface area contributed by atoms with E-state index in [4.69, 9.17) is 16.3 Å². The molecule has 0 atom stereocenters. The van der Waals surface area contributed by atoms with Crippen LogP contribution in [-0.4, -0.2) is 24.9 Å². The van der Waals surface area contributed by atoms with Crippen LogP contribution < -0.4 is 4.90 Å². The number of phenolic OH excluding ortho intramolecular Hbond substituents is 1. The van der Waals surface area contributed by atoms with Crippen LogP contribution in [0, 0.1) is 0 Å². The van der Waals surface area contributed by atoms with Crippen molar-refractivity contribution in [3.05, 3.63) is 58.6 Å². The van der Waals surface area contributed by atoms with Crippen molar-refractivity contribution in [1.82, 2.24) is 0 Å². The van der Waals surface area contributed by atoms with Gasteiger partial charge in [-0.2, -0.15) is 0 Å². The minimum absolute atomic E-state index is 0.150. The van der Waals surface area contributed by atoms with E-state index in [9.17, 15) is 5.11 Å². The van der Waals surface area contributed by atoms with Crippen molar-refractivity contribution in [2.45, 2.75) is 24.8 Å². The molecule has 2 aliphatic heterocycles. The summed E-state index contributed by atoms with van der Waals surface area (Å²) in [6.07, 6.45) is 2.13. The van der Waals surface area contributed by atoms with Crippen molar-refractivity contribution >= 4 is 17.3 Å². The molecule has 0 saturated carbocycles. The summed E-state index contributed by atoms with van der Waals surface area (Å²) in [4.78, 5) is 2.39. The van der Waals surface area contributed by atoms with Crippen molar-refractivity contribution in [3.8, 4) is 5.75 Å². The van der Waals surface area contributed by atoms with Crippen molar-refractivity contribution in [2.24, 2.45) is 0 Å². The van der Waals surface area contributed by atoms with Gasteiger partial charge in [0.2, 0.25) is 0 Å². The second-order valence-corrected chi connectivity index (χ2v) is 6.89. The number of fused-ring (bicyclic) bond motifs is 2. The number of para-hydroxylation sites is 1. The standard InChI is InChI=1S/C19H20ClNO2/c20-18-14(4-3-7-17(18)22)12-21-13-19(8-10-23-11-9-19)15-5-1-2-6-16(15)21/h1-7,22H,8-13H2. The predicted octanol–water partition coefficient (Wildman–Crippen LogP) is 4.11. The highest BCUT2D eigenvalue weighted by Crippen LogP contribution is 2.47. The Bertz CT molecular complexity index is 725. The Morgan fingerprint density at radius 1 is 1.09 bits per heavy atom. The maximum atomic E-state index is 9.84. The normalized spacial score (nSPS) is 19.1. The number of aromatic hydroxyl groups is 1. The lowest BCUT2D eigenvalue weighted by Crippen LogP contribution is -2.38. The third kappa shape index (κ3) is 2.48.